The Hall–Kier alpha value is -2.78. The molecule has 1 aliphatic rings. The molecule has 0 atom stereocenters. The minimum Gasteiger partial charge on any atom is -0.493 e. The summed E-state index contributed by atoms with van der Waals surface area (Å²) in [5, 5.41) is 0.146. The molecule has 37 heavy (non-hydrogen) atoms. The highest BCUT2D eigenvalue weighted by atomic mass is 32.2. The van der Waals surface area contributed by atoms with Gasteiger partial charge in [-0.1, -0.05) is 62.8 Å². The Labute approximate surface area is 225 Å². The largest absolute Gasteiger partial charge is 0.493 e. The van der Waals surface area contributed by atoms with Crippen molar-refractivity contribution in [3.63, 3.8) is 0 Å². The van der Waals surface area contributed by atoms with Crippen molar-refractivity contribution >= 4 is 38.9 Å². The van der Waals surface area contributed by atoms with E-state index in [0.717, 1.165) is 35.7 Å². The smallest absolute Gasteiger partial charge is 0.284 e. The van der Waals surface area contributed by atoms with Crippen molar-refractivity contribution in [3.05, 3.63) is 58.5 Å². The molecule has 1 aliphatic heterocycles. The Kier molecular flexibility index (Phi) is 10.6. The number of carbonyl (C=O) groups excluding carboxylic acids is 1. The molecule has 7 nitrogen and oxygen atoms in total. The lowest BCUT2D eigenvalue weighted by molar-refractivity contribution is -0.122. The molecular weight excluding hydrogens is 508 g/mol. The second-order valence-electron chi connectivity index (χ2n) is 8.85. The van der Waals surface area contributed by atoms with Gasteiger partial charge < -0.3 is 9.47 Å². The van der Waals surface area contributed by atoms with Crippen molar-refractivity contribution in [2.75, 3.05) is 20.3 Å². The fraction of sp³-hybridized carbons (Fsp3) is 0.429. The standard InChI is InChI=1S/C28H36N2O5S2/c1-5-7-8-9-10-11-18-35-25-19-22(14-17-24(25)34-4)20-26-27(31)30(6-2)28(36-26)29-37(32,33)23-15-12-21(3)13-16-23/h12-17,19-20H,5-11,18H2,1-4H3/b26-20-,29-28+. The number of rotatable bonds is 13. The van der Waals surface area contributed by atoms with Gasteiger partial charge in [0, 0.05) is 6.54 Å². The average Bonchev–Trinajstić information content (AvgIpc) is 3.16. The van der Waals surface area contributed by atoms with Crippen molar-refractivity contribution in [2.24, 2.45) is 4.40 Å². The average molecular weight is 545 g/mol. The molecule has 0 bridgehead atoms. The molecule has 0 spiro atoms. The summed E-state index contributed by atoms with van der Waals surface area (Å²) in [6.07, 6.45) is 8.77. The van der Waals surface area contributed by atoms with Crippen molar-refractivity contribution in [3.8, 4) is 11.5 Å². The first-order valence-corrected chi connectivity index (χ1v) is 15.0. The van der Waals surface area contributed by atoms with Crippen LogP contribution >= 0.6 is 11.8 Å². The molecule has 1 fully saturated rings. The quantitative estimate of drug-likeness (QED) is 0.214. The van der Waals surface area contributed by atoms with Crippen molar-refractivity contribution in [1.82, 2.24) is 4.90 Å². The summed E-state index contributed by atoms with van der Waals surface area (Å²) < 4.78 is 41.2. The van der Waals surface area contributed by atoms with Crippen LogP contribution in [-0.2, 0) is 14.8 Å². The lowest BCUT2D eigenvalue weighted by Gasteiger charge is -2.12. The summed E-state index contributed by atoms with van der Waals surface area (Å²) in [4.78, 5) is 14.9. The maximum Gasteiger partial charge on any atom is 0.284 e. The first kappa shape index (κ1) is 28.8. The first-order chi connectivity index (χ1) is 17.8. The molecular formula is C28H36N2O5S2. The number of aryl methyl sites for hydroxylation is 1. The number of thioether (sulfide) groups is 1. The number of methoxy groups -OCH3 is 1. The van der Waals surface area contributed by atoms with Gasteiger partial charge in [0.05, 0.1) is 23.5 Å². The number of likely N-dealkylation sites (N-methyl/N-ethyl adjacent to an activating group) is 1. The molecule has 0 saturated carbocycles. The molecule has 0 aromatic heterocycles. The molecule has 2 aromatic rings. The third-order valence-corrected chi connectivity index (χ3v) is 8.37. The number of amides is 1. The fourth-order valence-corrected chi connectivity index (χ4v) is 6.08. The van der Waals surface area contributed by atoms with Crippen LogP contribution in [0.25, 0.3) is 6.08 Å². The van der Waals surface area contributed by atoms with Gasteiger partial charge in [-0.2, -0.15) is 8.42 Å². The summed E-state index contributed by atoms with van der Waals surface area (Å²) >= 11 is 1.05. The Balaban J connectivity index is 1.77. The predicted molar refractivity (Wildman–Crippen MR) is 151 cm³/mol. The van der Waals surface area contributed by atoms with Gasteiger partial charge in [-0.25, -0.2) is 0 Å². The highest BCUT2D eigenvalue weighted by molar-refractivity contribution is 8.19. The van der Waals surface area contributed by atoms with E-state index in [2.05, 4.69) is 11.3 Å². The number of ether oxygens (including phenoxy) is 2. The van der Waals surface area contributed by atoms with E-state index in [1.54, 1.807) is 32.2 Å². The maximum atomic E-state index is 13.1. The van der Waals surface area contributed by atoms with Crippen molar-refractivity contribution in [1.29, 1.82) is 0 Å². The predicted octanol–water partition coefficient (Wildman–Crippen LogP) is 6.42. The summed E-state index contributed by atoms with van der Waals surface area (Å²) in [6.45, 7) is 6.77. The first-order valence-electron chi connectivity index (χ1n) is 12.7. The van der Waals surface area contributed by atoms with Crippen molar-refractivity contribution in [2.45, 2.75) is 64.2 Å². The van der Waals surface area contributed by atoms with Gasteiger partial charge in [0.25, 0.3) is 15.9 Å². The second-order valence-corrected chi connectivity index (χ2v) is 11.5. The van der Waals surface area contributed by atoms with Gasteiger partial charge in [0.1, 0.15) is 0 Å². The van der Waals surface area contributed by atoms with Crippen LogP contribution in [0.4, 0.5) is 0 Å². The minimum atomic E-state index is -3.95. The molecule has 200 valence electrons. The Bertz CT molecular complexity index is 1240. The summed E-state index contributed by atoms with van der Waals surface area (Å²) in [5.41, 5.74) is 1.71. The number of hydrogen-bond donors (Lipinski definition) is 0. The zero-order chi connectivity index (χ0) is 26.8. The number of sulfonamides is 1. The highest BCUT2D eigenvalue weighted by Crippen LogP contribution is 2.35. The van der Waals surface area contributed by atoms with Crippen LogP contribution in [0.5, 0.6) is 11.5 Å². The minimum absolute atomic E-state index is 0.0921. The molecule has 2 aromatic carbocycles. The van der Waals surface area contributed by atoms with E-state index in [0.29, 0.717) is 29.6 Å². The maximum absolute atomic E-state index is 13.1. The molecule has 1 heterocycles. The third kappa shape index (κ3) is 7.85. The van der Waals surface area contributed by atoms with Crippen LogP contribution in [0.2, 0.25) is 0 Å². The highest BCUT2D eigenvalue weighted by Gasteiger charge is 2.34. The number of carbonyl (C=O) groups is 1. The van der Waals surface area contributed by atoms with Gasteiger partial charge >= 0.3 is 0 Å². The van der Waals surface area contributed by atoms with Gasteiger partial charge in [0.2, 0.25) is 0 Å². The van der Waals surface area contributed by atoms with Crippen LogP contribution in [0.3, 0.4) is 0 Å². The molecule has 9 heteroatoms. The summed E-state index contributed by atoms with van der Waals surface area (Å²) in [6, 6.07) is 12.0. The van der Waals surface area contributed by atoms with Gasteiger partial charge in [0.15, 0.2) is 16.7 Å². The van der Waals surface area contributed by atoms with Crippen LogP contribution < -0.4 is 9.47 Å². The SMILES string of the molecule is CCCCCCCCOc1cc(/C=C2\S/C(=N/S(=O)(=O)c3ccc(C)cc3)N(CC)C2=O)ccc1OC. The van der Waals surface area contributed by atoms with E-state index in [9.17, 15) is 13.2 Å². The summed E-state index contributed by atoms with van der Waals surface area (Å²) in [7, 11) is -2.35. The fourth-order valence-electron chi connectivity index (χ4n) is 3.83. The lowest BCUT2D eigenvalue weighted by Crippen LogP contribution is -2.29. The molecule has 0 N–H and O–H groups in total. The van der Waals surface area contributed by atoms with Gasteiger partial charge in [-0.15, -0.1) is 4.40 Å². The van der Waals surface area contributed by atoms with Crippen LogP contribution in [-0.4, -0.2) is 44.7 Å². The molecule has 1 saturated heterocycles. The molecule has 0 aliphatic carbocycles. The number of hydrogen-bond acceptors (Lipinski definition) is 6. The summed E-state index contributed by atoms with van der Waals surface area (Å²) in [5.74, 6) is 0.958. The van der Waals surface area contributed by atoms with E-state index in [-0.39, 0.29) is 16.0 Å². The van der Waals surface area contributed by atoms with Gasteiger partial charge in [-0.3, -0.25) is 9.69 Å². The molecule has 1 amide bonds. The molecule has 3 rings (SSSR count). The lowest BCUT2D eigenvalue weighted by atomic mass is 10.1. The molecule has 0 unspecified atom stereocenters. The zero-order valence-electron chi connectivity index (χ0n) is 22.0. The topological polar surface area (TPSA) is 85.3 Å². The number of unbranched alkanes of at least 4 members (excludes halogenated alkanes) is 5. The van der Waals surface area contributed by atoms with E-state index >= 15 is 0 Å². The Morgan fingerprint density at radius 1 is 0.973 bits per heavy atom. The van der Waals surface area contributed by atoms with Crippen LogP contribution in [0.15, 0.2) is 56.7 Å². The van der Waals surface area contributed by atoms with E-state index < -0.39 is 10.0 Å². The van der Waals surface area contributed by atoms with E-state index in [4.69, 9.17) is 9.47 Å². The second kappa shape index (κ2) is 13.7. The zero-order valence-corrected chi connectivity index (χ0v) is 23.7. The number of nitrogens with zero attached hydrogens (tertiary/aromatic N) is 2. The van der Waals surface area contributed by atoms with Crippen molar-refractivity contribution < 1.29 is 22.7 Å². The number of benzene rings is 2. The van der Waals surface area contributed by atoms with E-state index in [1.807, 2.05) is 25.1 Å². The monoisotopic (exact) mass is 544 g/mol. The molecule has 0 radical (unpaired) electrons. The van der Waals surface area contributed by atoms with Crippen LogP contribution in [0.1, 0.15) is 63.5 Å². The number of amidine groups is 1. The Morgan fingerprint density at radius 2 is 1.68 bits per heavy atom. The van der Waals surface area contributed by atoms with Crippen LogP contribution in [0, 0.1) is 6.92 Å². The Morgan fingerprint density at radius 3 is 2.35 bits per heavy atom. The van der Waals surface area contributed by atoms with Gasteiger partial charge in [-0.05, 0) is 67.9 Å². The normalized spacial score (nSPS) is 16.1. The van der Waals surface area contributed by atoms with E-state index in [1.165, 1.54) is 42.7 Å². The third-order valence-electron chi connectivity index (χ3n) is 5.96.